The van der Waals surface area contributed by atoms with Gasteiger partial charge in [0.15, 0.2) is 0 Å². The minimum atomic E-state index is -4.55. The number of alkyl halides is 3. The number of benzene rings is 1. The van der Waals surface area contributed by atoms with Crippen molar-refractivity contribution in [1.29, 1.82) is 0 Å². The second-order valence-corrected chi connectivity index (χ2v) is 6.87. The fraction of sp³-hybridized carbons (Fsp3) is 0.444. The van der Waals surface area contributed by atoms with E-state index in [-0.39, 0.29) is 22.4 Å². The van der Waals surface area contributed by atoms with Crippen molar-refractivity contribution in [3.63, 3.8) is 0 Å². The van der Waals surface area contributed by atoms with Gasteiger partial charge in [-0.05, 0) is 23.8 Å². The van der Waals surface area contributed by atoms with Crippen LogP contribution in [-0.4, -0.2) is 73.3 Å². The summed E-state index contributed by atoms with van der Waals surface area (Å²) in [4.78, 5) is 29.0. The van der Waals surface area contributed by atoms with E-state index in [9.17, 15) is 22.8 Å². The predicted molar refractivity (Wildman–Crippen MR) is 97.2 cm³/mol. The average Bonchev–Trinajstić information content (AvgIpc) is 2.60. The second kappa shape index (κ2) is 8.75. The Morgan fingerprint density at radius 1 is 1.19 bits per heavy atom. The van der Waals surface area contributed by atoms with Crippen LogP contribution in [0.25, 0.3) is 6.08 Å². The highest BCUT2D eigenvalue weighted by atomic mass is 35.5. The Hall–Kier alpha value is -2.06. The van der Waals surface area contributed by atoms with E-state index in [1.807, 2.05) is 4.90 Å². The molecule has 0 spiro atoms. The van der Waals surface area contributed by atoms with E-state index < -0.39 is 11.7 Å². The van der Waals surface area contributed by atoms with Crippen LogP contribution in [0.5, 0.6) is 0 Å². The smallest absolute Gasteiger partial charge is 0.348 e. The van der Waals surface area contributed by atoms with Crippen LogP contribution in [0.4, 0.5) is 13.2 Å². The molecule has 2 rings (SSSR count). The molecule has 0 unspecified atom stereocenters. The minimum absolute atomic E-state index is 0.00196. The Morgan fingerprint density at radius 3 is 2.37 bits per heavy atom. The molecule has 0 radical (unpaired) electrons. The molecule has 0 atom stereocenters. The van der Waals surface area contributed by atoms with Gasteiger partial charge in [-0.3, -0.25) is 14.5 Å². The molecule has 1 aliphatic heterocycles. The summed E-state index contributed by atoms with van der Waals surface area (Å²) in [6.45, 7) is 2.35. The highest BCUT2D eigenvalue weighted by Gasteiger charge is 2.33. The van der Waals surface area contributed by atoms with Crippen LogP contribution in [0.3, 0.4) is 0 Å². The van der Waals surface area contributed by atoms with E-state index in [1.54, 1.807) is 19.0 Å². The first-order valence-electron chi connectivity index (χ1n) is 8.34. The first kappa shape index (κ1) is 21.2. The van der Waals surface area contributed by atoms with Gasteiger partial charge in [0.25, 0.3) is 0 Å². The van der Waals surface area contributed by atoms with Gasteiger partial charge in [0.2, 0.25) is 11.8 Å². The molecule has 1 aromatic rings. The first-order valence-corrected chi connectivity index (χ1v) is 8.72. The van der Waals surface area contributed by atoms with Crippen LogP contribution in [0, 0.1) is 0 Å². The quantitative estimate of drug-likeness (QED) is 0.726. The highest BCUT2D eigenvalue weighted by Crippen LogP contribution is 2.35. The molecule has 0 bridgehead atoms. The Bertz CT molecular complexity index is 727. The zero-order chi connectivity index (χ0) is 20.2. The SMILES string of the molecule is CN(C)C(=O)CN1CCN(C(=O)/C=C/c2ccc(Cl)c(C(F)(F)F)c2)CC1. The summed E-state index contributed by atoms with van der Waals surface area (Å²) >= 11 is 5.58. The third-order valence-electron chi connectivity index (χ3n) is 4.26. The molecular weight excluding hydrogens is 383 g/mol. The molecule has 0 N–H and O–H groups in total. The van der Waals surface area contributed by atoms with Crippen LogP contribution < -0.4 is 0 Å². The first-order chi connectivity index (χ1) is 12.6. The van der Waals surface area contributed by atoms with Crippen molar-refractivity contribution < 1.29 is 22.8 Å². The van der Waals surface area contributed by atoms with Gasteiger partial charge in [0, 0.05) is 46.4 Å². The summed E-state index contributed by atoms with van der Waals surface area (Å²) in [5, 5.41) is -0.380. The maximum absolute atomic E-state index is 12.9. The number of carbonyl (C=O) groups is 2. The number of nitrogens with zero attached hydrogens (tertiary/aromatic N) is 3. The van der Waals surface area contributed by atoms with Crippen molar-refractivity contribution in [2.45, 2.75) is 6.18 Å². The van der Waals surface area contributed by atoms with Gasteiger partial charge in [-0.15, -0.1) is 0 Å². The molecule has 1 saturated heterocycles. The lowest BCUT2D eigenvalue weighted by Crippen LogP contribution is -2.50. The van der Waals surface area contributed by atoms with Crippen LogP contribution in [-0.2, 0) is 15.8 Å². The highest BCUT2D eigenvalue weighted by molar-refractivity contribution is 6.31. The number of piperazine rings is 1. The molecule has 1 aliphatic rings. The van der Waals surface area contributed by atoms with Crippen LogP contribution >= 0.6 is 11.6 Å². The largest absolute Gasteiger partial charge is 0.417 e. The molecule has 1 heterocycles. The third kappa shape index (κ3) is 5.97. The molecule has 148 valence electrons. The van der Waals surface area contributed by atoms with Crippen molar-refractivity contribution in [1.82, 2.24) is 14.7 Å². The lowest BCUT2D eigenvalue weighted by atomic mass is 10.1. The van der Waals surface area contributed by atoms with Gasteiger partial charge in [-0.25, -0.2) is 0 Å². The molecule has 0 aromatic heterocycles. The summed E-state index contributed by atoms with van der Waals surface area (Å²) in [5.41, 5.74) is -0.687. The van der Waals surface area contributed by atoms with Crippen molar-refractivity contribution >= 4 is 29.5 Å². The predicted octanol–water partition coefficient (Wildman–Crippen LogP) is 2.60. The molecule has 0 aliphatic carbocycles. The van der Waals surface area contributed by atoms with Gasteiger partial charge in [-0.2, -0.15) is 13.2 Å². The van der Waals surface area contributed by atoms with E-state index in [0.717, 1.165) is 12.1 Å². The number of hydrogen-bond acceptors (Lipinski definition) is 3. The van der Waals surface area contributed by atoms with Gasteiger partial charge in [-0.1, -0.05) is 17.7 Å². The summed E-state index contributed by atoms with van der Waals surface area (Å²) in [6.07, 6.45) is -1.95. The summed E-state index contributed by atoms with van der Waals surface area (Å²) < 4.78 is 38.6. The van der Waals surface area contributed by atoms with Crippen LogP contribution in [0.2, 0.25) is 5.02 Å². The van der Waals surface area contributed by atoms with Crippen LogP contribution in [0.15, 0.2) is 24.3 Å². The normalized spacial score (nSPS) is 16.0. The fourth-order valence-corrected chi connectivity index (χ4v) is 2.82. The van der Waals surface area contributed by atoms with Crippen molar-refractivity contribution in [2.75, 3.05) is 46.8 Å². The average molecular weight is 404 g/mol. The van der Waals surface area contributed by atoms with E-state index in [1.165, 1.54) is 23.1 Å². The molecule has 1 fully saturated rings. The molecule has 0 saturated carbocycles. The number of halogens is 4. The van der Waals surface area contributed by atoms with E-state index in [4.69, 9.17) is 11.6 Å². The number of carbonyl (C=O) groups excluding carboxylic acids is 2. The topological polar surface area (TPSA) is 43.9 Å². The van der Waals surface area contributed by atoms with Gasteiger partial charge in [0.05, 0.1) is 17.1 Å². The maximum atomic E-state index is 12.9. The number of amides is 2. The molecule has 2 amide bonds. The zero-order valence-electron chi connectivity index (χ0n) is 15.1. The Morgan fingerprint density at radius 2 is 1.81 bits per heavy atom. The molecular formula is C18H21ClF3N3O2. The Balaban J connectivity index is 1.94. The van der Waals surface area contributed by atoms with Crippen molar-refractivity contribution in [2.24, 2.45) is 0 Å². The van der Waals surface area contributed by atoms with Gasteiger partial charge >= 0.3 is 6.18 Å². The standard InChI is InChI=1S/C18H21ClF3N3O2/c1-23(2)17(27)12-24-7-9-25(10-8-24)16(26)6-4-13-3-5-15(19)14(11-13)18(20,21)22/h3-6,11H,7-10,12H2,1-2H3/b6-4+. The minimum Gasteiger partial charge on any atom is -0.348 e. The number of likely N-dealkylation sites (N-methyl/N-ethyl adjacent to an activating group) is 1. The number of rotatable bonds is 4. The molecule has 1 aromatic carbocycles. The summed E-state index contributed by atoms with van der Waals surface area (Å²) in [7, 11) is 3.38. The van der Waals surface area contributed by atoms with E-state index in [2.05, 4.69) is 0 Å². The van der Waals surface area contributed by atoms with Gasteiger partial charge < -0.3 is 9.80 Å². The lowest BCUT2D eigenvalue weighted by molar-refractivity contribution is -0.137. The second-order valence-electron chi connectivity index (χ2n) is 6.46. The van der Waals surface area contributed by atoms with E-state index >= 15 is 0 Å². The van der Waals surface area contributed by atoms with Crippen LogP contribution in [0.1, 0.15) is 11.1 Å². The summed E-state index contributed by atoms with van der Waals surface area (Å²) in [6, 6.07) is 3.50. The Labute approximate surface area is 161 Å². The molecule has 27 heavy (non-hydrogen) atoms. The lowest BCUT2D eigenvalue weighted by Gasteiger charge is -2.34. The fourth-order valence-electron chi connectivity index (χ4n) is 2.60. The van der Waals surface area contributed by atoms with Crippen molar-refractivity contribution in [3.05, 3.63) is 40.4 Å². The molecule has 9 heteroatoms. The van der Waals surface area contributed by atoms with Gasteiger partial charge in [0.1, 0.15) is 0 Å². The monoisotopic (exact) mass is 403 g/mol. The Kier molecular flexibility index (Phi) is 6.89. The van der Waals surface area contributed by atoms with E-state index in [0.29, 0.717) is 32.7 Å². The molecule has 5 nitrogen and oxygen atoms in total. The third-order valence-corrected chi connectivity index (χ3v) is 4.59. The number of hydrogen-bond donors (Lipinski definition) is 0. The maximum Gasteiger partial charge on any atom is 0.417 e. The summed E-state index contributed by atoms with van der Waals surface area (Å²) in [5.74, 6) is -0.282. The zero-order valence-corrected chi connectivity index (χ0v) is 15.8. The van der Waals surface area contributed by atoms with Crippen molar-refractivity contribution in [3.8, 4) is 0 Å².